The number of hydrogen-bond donors (Lipinski definition) is 2. The Balaban J connectivity index is 2.02. The summed E-state index contributed by atoms with van der Waals surface area (Å²) < 4.78 is 0.995. The van der Waals surface area contributed by atoms with E-state index in [0.717, 1.165) is 21.2 Å². The summed E-state index contributed by atoms with van der Waals surface area (Å²) in [5.74, 6) is -0.495. The fourth-order valence-electron chi connectivity index (χ4n) is 2.26. The standard InChI is InChI=1S/C18H12N4O3S/c19-11-26-14-8-6-12(7-9-14)20-10-15-16(23)21-18(25)22(17(15)24)13-4-2-1-3-5-13/h1-10,24H,(H,21,23,25). The second-order valence-corrected chi connectivity index (χ2v) is 5.97. The number of aliphatic imine (C=N–C) groups is 1. The summed E-state index contributed by atoms with van der Waals surface area (Å²) in [5, 5.41) is 21.0. The number of aromatic amines is 1. The fourth-order valence-corrected chi connectivity index (χ4v) is 2.64. The number of hydrogen-bond acceptors (Lipinski definition) is 6. The Morgan fingerprint density at radius 1 is 1.12 bits per heavy atom. The zero-order valence-corrected chi connectivity index (χ0v) is 14.1. The van der Waals surface area contributed by atoms with Crippen molar-refractivity contribution in [3.8, 4) is 17.0 Å². The van der Waals surface area contributed by atoms with E-state index in [2.05, 4.69) is 9.98 Å². The normalized spacial score (nSPS) is 10.7. The molecule has 0 atom stereocenters. The minimum absolute atomic E-state index is 0.135. The van der Waals surface area contributed by atoms with E-state index in [1.807, 2.05) is 5.40 Å². The van der Waals surface area contributed by atoms with E-state index in [-0.39, 0.29) is 5.56 Å². The smallest absolute Gasteiger partial charge is 0.335 e. The van der Waals surface area contributed by atoms with Crippen LogP contribution in [0.2, 0.25) is 0 Å². The van der Waals surface area contributed by atoms with Gasteiger partial charge in [0.15, 0.2) is 0 Å². The second kappa shape index (κ2) is 7.55. The van der Waals surface area contributed by atoms with Crippen LogP contribution < -0.4 is 11.2 Å². The highest BCUT2D eigenvalue weighted by molar-refractivity contribution is 8.03. The number of H-pyrrole nitrogens is 1. The lowest BCUT2D eigenvalue weighted by Crippen LogP contribution is -2.31. The number of nitrogens with one attached hydrogen (secondary N) is 1. The molecule has 0 aliphatic heterocycles. The lowest BCUT2D eigenvalue weighted by molar-refractivity contribution is 0.430. The molecule has 0 saturated heterocycles. The van der Waals surface area contributed by atoms with E-state index in [1.54, 1.807) is 54.6 Å². The second-order valence-electron chi connectivity index (χ2n) is 5.11. The van der Waals surface area contributed by atoms with Crippen LogP contribution in [0.4, 0.5) is 5.69 Å². The van der Waals surface area contributed by atoms with Gasteiger partial charge in [-0.25, -0.2) is 9.36 Å². The molecule has 26 heavy (non-hydrogen) atoms. The van der Waals surface area contributed by atoms with Crippen molar-refractivity contribution in [3.05, 3.63) is 81.0 Å². The molecular weight excluding hydrogens is 352 g/mol. The Bertz CT molecular complexity index is 1110. The number of thiocyanates is 1. The molecule has 2 N–H and O–H groups in total. The molecule has 0 bridgehead atoms. The molecule has 0 radical (unpaired) electrons. The van der Waals surface area contributed by atoms with Gasteiger partial charge in [0.05, 0.1) is 11.4 Å². The summed E-state index contributed by atoms with van der Waals surface area (Å²) in [4.78, 5) is 31.2. The van der Waals surface area contributed by atoms with Crippen LogP contribution in [0.1, 0.15) is 5.56 Å². The van der Waals surface area contributed by atoms with Crippen molar-refractivity contribution in [2.24, 2.45) is 4.99 Å². The van der Waals surface area contributed by atoms with E-state index in [1.165, 1.54) is 6.21 Å². The molecule has 0 amide bonds. The molecule has 0 saturated carbocycles. The Kier molecular flexibility index (Phi) is 5.01. The molecule has 0 aliphatic rings. The van der Waals surface area contributed by atoms with Gasteiger partial charge in [0.1, 0.15) is 11.0 Å². The number of para-hydroxylation sites is 1. The van der Waals surface area contributed by atoms with Gasteiger partial charge in [-0.1, -0.05) is 18.2 Å². The van der Waals surface area contributed by atoms with E-state index in [4.69, 9.17) is 5.26 Å². The molecular formula is C18H12N4O3S. The van der Waals surface area contributed by atoms with E-state index in [9.17, 15) is 14.7 Å². The van der Waals surface area contributed by atoms with Crippen LogP contribution in [0.3, 0.4) is 0 Å². The van der Waals surface area contributed by atoms with Crippen molar-refractivity contribution in [1.29, 1.82) is 5.26 Å². The van der Waals surface area contributed by atoms with Gasteiger partial charge in [0, 0.05) is 11.1 Å². The Morgan fingerprint density at radius 2 is 1.81 bits per heavy atom. The maximum atomic E-state index is 12.1. The molecule has 128 valence electrons. The Hall–Kier alpha value is -3.57. The van der Waals surface area contributed by atoms with Crippen LogP contribution in [-0.2, 0) is 0 Å². The first-order chi connectivity index (χ1) is 12.6. The van der Waals surface area contributed by atoms with Gasteiger partial charge in [-0.3, -0.25) is 14.8 Å². The van der Waals surface area contributed by atoms with Crippen molar-refractivity contribution in [2.75, 3.05) is 0 Å². The summed E-state index contributed by atoms with van der Waals surface area (Å²) in [6, 6.07) is 15.2. The molecule has 8 heteroatoms. The largest absolute Gasteiger partial charge is 0.493 e. The predicted molar refractivity (Wildman–Crippen MR) is 99.5 cm³/mol. The minimum atomic E-state index is -0.742. The van der Waals surface area contributed by atoms with Crippen molar-refractivity contribution >= 4 is 23.7 Å². The van der Waals surface area contributed by atoms with Crippen molar-refractivity contribution < 1.29 is 5.11 Å². The van der Waals surface area contributed by atoms with Gasteiger partial charge in [0.25, 0.3) is 5.56 Å². The highest BCUT2D eigenvalue weighted by atomic mass is 32.2. The Labute approximate surface area is 151 Å². The number of benzene rings is 2. The SMILES string of the molecule is N#CSc1ccc(N=Cc2c(O)n(-c3ccccc3)c(=O)[nH]c2=O)cc1. The molecule has 7 nitrogen and oxygen atoms in total. The average Bonchev–Trinajstić information content (AvgIpc) is 2.64. The van der Waals surface area contributed by atoms with Gasteiger partial charge in [-0.2, -0.15) is 5.26 Å². The first kappa shape index (κ1) is 17.3. The highest BCUT2D eigenvalue weighted by Gasteiger charge is 2.13. The predicted octanol–water partition coefficient (Wildman–Crippen LogP) is 2.56. The van der Waals surface area contributed by atoms with Crippen LogP contribution in [0.15, 0.2) is 74.1 Å². The van der Waals surface area contributed by atoms with Gasteiger partial charge in [-0.15, -0.1) is 0 Å². The third-order valence-corrected chi connectivity index (χ3v) is 4.08. The number of aromatic hydroxyl groups is 1. The first-order valence-electron chi connectivity index (χ1n) is 7.44. The molecule has 1 heterocycles. The number of thioether (sulfide) groups is 1. The molecule has 0 fully saturated rings. The maximum Gasteiger partial charge on any atom is 0.335 e. The molecule has 0 spiro atoms. The van der Waals surface area contributed by atoms with Crippen LogP contribution in [0.5, 0.6) is 5.88 Å². The molecule has 3 aromatic rings. The topological polar surface area (TPSA) is 111 Å². The van der Waals surface area contributed by atoms with Gasteiger partial charge in [-0.05, 0) is 48.2 Å². The summed E-state index contributed by atoms with van der Waals surface area (Å²) >= 11 is 1.03. The van der Waals surface area contributed by atoms with E-state index < -0.39 is 17.1 Å². The van der Waals surface area contributed by atoms with Crippen molar-refractivity contribution in [3.63, 3.8) is 0 Å². The average molecular weight is 364 g/mol. The first-order valence-corrected chi connectivity index (χ1v) is 8.25. The molecule has 2 aromatic carbocycles. The zero-order chi connectivity index (χ0) is 18.5. The van der Waals surface area contributed by atoms with E-state index in [0.29, 0.717) is 11.4 Å². The number of nitriles is 1. The summed E-state index contributed by atoms with van der Waals surface area (Å²) in [5.41, 5.74) is -0.667. The van der Waals surface area contributed by atoms with Crippen LogP contribution >= 0.6 is 11.8 Å². The van der Waals surface area contributed by atoms with Gasteiger partial charge < -0.3 is 5.11 Å². The summed E-state index contributed by atoms with van der Waals surface area (Å²) in [6.07, 6.45) is 1.19. The van der Waals surface area contributed by atoms with Crippen LogP contribution in [0, 0.1) is 10.7 Å². The molecule has 0 unspecified atom stereocenters. The summed E-state index contributed by atoms with van der Waals surface area (Å²) in [6.45, 7) is 0. The zero-order valence-electron chi connectivity index (χ0n) is 13.3. The quantitative estimate of drug-likeness (QED) is 0.420. The Morgan fingerprint density at radius 3 is 2.46 bits per heavy atom. The lowest BCUT2D eigenvalue weighted by atomic mass is 10.3. The number of aromatic nitrogens is 2. The fraction of sp³-hybridized carbons (Fsp3) is 0. The van der Waals surface area contributed by atoms with Crippen molar-refractivity contribution in [2.45, 2.75) is 4.90 Å². The van der Waals surface area contributed by atoms with Gasteiger partial charge >= 0.3 is 5.69 Å². The monoisotopic (exact) mass is 364 g/mol. The molecule has 1 aromatic heterocycles. The lowest BCUT2D eigenvalue weighted by Gasteiger charge is -2.09. The molecule has 0 aliphatic carbocycles. The third kappa shape index (κ3) is 3.58. The van der Waals surface area contributed by atoms with E-state index >= 15 is 0 Å². The van der Waals surface area contributed by atoms with Crippen LogP contribution in [0.25, 0.3) is 5.69 Å². The highest BCUT2D eigenvalue weighted by Crippen LogP contribution is 2.21. The van der Waals surface area contributed by atoms with Crippen molar-refractivity contribution in [1.82, 2.24) is 9.55 Å². The summed E-state index contributed by atoms with van der Waals surface area (Å²) in [7, 11) is 0. The maximum absolute atomic E-state index is 12.1. The van der Waals surface area contributed by atoms with Crippen LogP contribution in [-0.4, -0.2) is 20.9 Å². The number of nitrogens with zero attached hydrogens (tertiary/aromatic N) is 3. The minimum Gasteiger partial charge on any atom is -0.493 e. The van der Waals surface area contributed by atoms with Gasteiger partial charge in [0.2, 0.25) is 5.88 Å². The third-order valence-electron chi connectivity index (χ3n) is 3.48. The molecule has 3 rings (SSSR count). The number of rotatable bonds is 4.